The summed E-state index contributed by atoms with van der Waals surface area (Å²) in [6.45, 7) is 0. The molecule has 10 aromatic rings. The minimum atomic E-state index is 1.10. The maximum atomic E-state index is 2.42. The summed E-state index contributed by atoms with van der Waals surface area (Å²) in [7, 11) is 0. The lowest BCUT2D eigenvalue weighted by atomic mass is 9.94. The van der Waals surface area contributed by atoms with Gasteiger partial charge >= 0.3 is 0 Å². The largest absolute Gasteiger partial charge is 0.310 e. The van der Waals surface area contributed by atoms with Crippen molar-refractivity contribution in [3.8, 4) is 22.3 Å². The quantitative estimate of drug-likeness (QED) is 0.161. The highest BCUT2D eigenvalue weighted by Gasteiger charge is 2.16. The van der Waals surface area contributed by atoms with Crippen LogP contribution in [0.5, 0.6) is 0 Å². The number of anilines is 3. The number of hydrogen-bond donors (Lipinski definition) is 0. The Morgan fingerprint density at radius 1 is 0.370 bits per heavy atom. The van der Waals surface area contributed by atoms with Crippen molar-refractivity contribution in [1.29, 1.82) is 0 Å². The fourth-order valence-electron chi connectivity index (χ4n) is 8.58. The van der Waals surface area contributed by atoms with Crippen LogP contribution in [0.2, 0.25) is 0 Å². The smallest absolute Gasteiger partial charge is 0.0468 e. The molecular weight excluding hydrogens is 671 g/mol. The first-order valence-corrected chi connectivity index (χ1v) is 19.6. The van der Waals surface area contributed by atoms with Crippen LogP contribution in [0, 0.1) is 0 Å². The van der Waals surface area contributed by atoms with E-state index in [1.54, 1.807) is 0 Å². The molecule has 0 radical (unpaired) electrons. The van der Waals surface area contributed by atoms with Crippen molar-refractivity contribution in [2.45, 2.75) is 12.8 Å². The molecule has 1 aliphatic carbocycles. The third kappa shape index (κ3) is 5.14. The van der Waals surface area contributed by atoms with E-state index in [4.69, 9.17) is 0 Å². The Balaban J connectivity index is 1.02. The molecule has 0 unspecified atom stereocenters. The van der Waals surface area contributed by atoms with Gasteiger partial charge in [0.15, 0.2) is 0 Å². The number of thiophene rings is 1. The summed E-state index contributed by atoms with van der Waals surface area (Å²) >= 11 is 1.91. The molecule has 0 amide bonds. The van der Waals surface area contributed by atoms with Crippen molar-refractivity contribution in [3.05, 3.63) is 186 Å². The third-order valence-corrected chi connectivity index (χ3v) is 12.5. The molecule has 0 bridgehead atoms. The minimum absolute atomic E-state index is 1.10. The summed E-state index contributed by atoms with van der Waals surface area (Å²) in [6, 6.07) is 65.1. The van der Waals surface area contributed by atoms with Gasteiger partial charge in [0.05, 0.1) is 0 Å². The number of nitrogens with zero attached hydrogens (tertiary/aromatic N) is 1. The second-order valence-corrected chi connectivity index (χ2v) is 15.5. The van der Waals surface area contributed by atoms with Crippen molar-refractivity contribution < 1.29 is 0 Å². The predicted molar refractivity (Wildman–Crippen MR) is 235 cm³/mol. The van der Waals surface area contributed by atoms with Crippen LogP contribution in [0.15, 0.2) is 176 Å². The molecule has 0 N–H and O–H groups in total. The van der Waals surface area contributed by atoms with Crippen molar-refractivity contribution >= 4 is 93.7 Å². The number of fused-ring (bicyclic) bond motifs is 9. The highest BCUT2D eigenvalue weighted by atomic mass is 32.1. The first-order chi connectivity index (χ1) is 26.7. The highest BCUT2D eigenvalue weighted by Crippen LogP contribution is 2.40. The summed E-state index contributed by atoms with van der Waals surface area (Å²) < 4.78 is 2.75. The van der Waals surface area contributed by atoms with Gasteiger partial charge in [0, 0.05) is 31.7 Å². The van der Waals surface area contributed by atoms with E-state index in [0.29, 0.717) is 0 Å². The molecule has 0 fully saturated rings. The Morgan fingerprint density at radius 3 is 1.76 bits per heavy atom. The second kappa shape index (κ2) is 12.6. The Morgan fingerprint density at radius 2 is 0.963 bits per heavy atom. The first kappa shape index (κ1) is 31.1. The molecule has 1 aromatic heterocycles. The van der Waals surface area contributed by atoms with Crippen molar-refractivity contribution in [1.82, 2.24) is 0 Å². The Kier molecular flexibility index (Phi) is 7.24. The van der Waals surface area contributed by atoms with Gasteiger partial charge in [-0.3, -0.25) is 0 Å². The Bertz CT molecular complexity index is 3200. The van der Waals surface area contributed by atoms with Gasteiger partial charge < -0.3 is 4.90 Å². The van der Waals surface area contributed by atoms with E-state index in [0.717, 1.165) is 29.9 Å². The van der Waals surface area contributed by atoms with E-state index in [2.05, 4.69) is 193 Å². The van der Waals surface area contributed by atoms with Gasteiger partial charge in [-0.2, -0.15) is 0 Å². The first-order valence-electron chi connectivity index (χ1n) is 18.8. The van der Waals surface area contributed by atoms with Crippen molar-refractivity contribution in [2.75, 3.05) is 4.90 Å². The third-order valence-electron chi connectivity index (χ3n) is 11.3. The standard InChI is InChI=1S/C52H35NS/c1-3-11-43-35(8-1)10-7-14-44(43)37-20-26-41(27-21-37)53(42-28-31-52-50(33-42)48-13-5-6-15-51(48)54-52)40-24-18-34(19-25-40)39-17-16-38-23-29-46-45-12-4-2-9-36(45)22-30-47(46)49(38)32-39/h1-4,7-33H,5-6H2. The zero-order chi connectivity index (χ0) is 35.6. The van der Waals surface area contributed by atoms with E-state index in [1.807, 2.05) is 11.3 Å². The topological polar surface area (TPSA) is 3.24 Å². The molecule has 0 spiro atoms. The average Bonchev–Trinajstić information content (AvgIpc) is 3.62. The monoisotopic (exact) mass is 705 g/mol. The summed E-state index contributed by atoms with van der Waals surface area (Å²) in [5, 5.41) is 13.0. The van der Waals surface area contributed by atoms with Gasteiger partial charge in [0.1, 0.15) is 0 Å². The fourth-order valence-corrected chi connectivity index (χ4v) is 9.74. The number of benzene rings is 9. The molecule has 11 rings (SSSR count). The van der Waals surface area contributed by atoms with Gasteiger partial charge in [0.25, 0.3) is 0 Å². The summed E-state index contributed by atoms with van der Waals surface area (Å²) in [6.07, 6.45) is 7.05. The highest BCUT2D eigenvalue weighted by molar-refractivity contribution is 7.17. The van der Waals surface area contributed by atoms with Crippen molar-refractivity contribution in [2.24, 2.45) is 0 Å². The van der Waals surface area contributed by atoms with E-state index in [9.17, 15) is 0 Å². The molecule has 2 heteroatoms. The van der Waals surface area contributed by atoms with Gasteiger partial charge in [-0.15, -0.1) is 11.3 Å². The molecule has 1 heterocycles. The fraction of sp³-hybridized carbons (Fsp3) is 0.0385. The van der Waals surface area contributed by atoms with Crippen LogP contribution in [-0.4, -0.2) is 0 Å². The van der Waals surface area contributed by atoms with Gasteiger partial charge in [-0.05, 0) is 132 Å². The van der Waals surface area contributed by atoms with Gasteiger partial charge in [-0.1, -0.05) is 140 Å². The minimum Gasteiger partial charge on any atom is -0.310 e. The summed E-state index contributed by atoms with van der Waals surface area (Å²) in [5.41, 5.74) is 8.33. The number of hydrogen-bond acceptors (Lipinski definition) is 2. The zero-order valence-corrected chi connectivity index (χ0v) is 30.5. The summed E-state index contributed by atoms with van der Waals surface area (Å²) in [5.74, 6) is 0. The maximum absolute atomic E-state index is 2.42. The predicted octanol–water partition coefficient (Wildman–Crippen LogP) is 13.7. The van der Waals surface area contributed by atoms with Crippen LogP contribution in [0.25, 0.3) is 87.6 Å². The van der Waals surface area contributed by atoms with Crippen LogP contribution in [0.1, 0.15) is 12.8 Å². The molecule has 254 valence electrons. The average molecular weight is 706 g/mol. The molecular formula is C52H35NS. The van der Waals surface area contributed by atoms with E-state index in [1.165, 1.54) is 85.2 Å². The lowest BCUT2D eigenvalue weighted by Gasteiger charge is -2.26. The van der Waals surface area contributed by atoms with Crippen molar-refractivity contribution in [3.63, 3.8) is 0 Å². The summed E-state index contributed by atoms with van der Waals surface area (Å²) in [4.78, 5) is 2.41. The molecule has 54 heavy (non-hydrogen) atoms. The molecule has 0 saturated carbocycles. The van der Waals surface area contributed by atoms with E-state index in [-0.39, 0.29) is 0 Å². The molecule has 0 atom stereocenters. The number of rotatable bonds is 5. The van der Waals surface area contributed by atoms with Gasteiger partial charge in [0.2, 0.25) is 0 Å². The molecule has 0 saturated heterocycles. The van der Waals surface area contributed by atoms with Crippen LogP contribution in [0.3, 0.4) is 0 Å². The zero-order valence-electron chi connectivity index (χ0n) is 29.7. The lowest BCUT2D eigenvalue weighted by molar-refractivity contribution is 1.13. The van der Waals surface area contributed by atoms with Gasteiger partial charge in [-0.25, -0.2) is 0 Å². The molecule has 1 aliphatic rings. The second-order valence-electron chi connectivity index (χ2n) is 14.4. The molecule has 1 nitrogen and oxygen atoms in total. The maximum Gasteiger partial charge on any atom is 0.0468 e. The Labute approximate surface area is 318 Å². The molecule has 9 aromatic carbocycles. The van der Waals surface area contributed by atoms with Crippen LogP contribution < -0.4 is 14.7 Å². The van der Waals surface area contributed by atoms with Crippen LogP contribution in [0.4, 0.5) is 17.1 Å². The Hall–Kier alpha value is -6.48. The molecule has 0 aliphatic heterocycles. The van der Waals surface area contributed by atoms with E-state index >= 15 is 0 Å². The van der Waals surface area contributed by atoms with Crippen LogP contribution in [-0.2, 0) is 0 Å². The van der Waals surface area contributed by atoms with E-state index < -0.39 is 0 Å². The SMILES string of the molecule is C1=c2sc3ccc(N(c4ccc(-c5ccc6ccc7c8ccccc8ccc7c6c5)cc4)c4ccc(-c5cccc6ccccc56)cc4)cc3c2=CCC1. The lowest BCUT2D eigenvalue weighted by Crippen LogP contribution is -2.20. The normalized spacial score (nSPS) is 12.6. The van der Waals surface area contributed by atoms with Crippen LogP contribution >= 0.6 is 11.3 Å².